The Morgan fingerprint density at radius 3 is 2.68 bits per heavy atom. The van der Waals surface area contributed by atoms with Crippen LogP contribution in [0.1, 0.15) is 0 Å². The number of hydrogen-bond acceptors (Lipinski definition) is 4. The Morgan fingerprint density at radius 2 is 2.05 bits per heavy atom. The van der Waals surface area contributed by atoms with Gasteiger partial charge < -0.3 is 10.5 Å². The number of nitrogen functional groups attached to an aromatic ring is 1. The highest BCUT2D eigenvalue weighted by Crippen LogP contribution is 2.33. The fourth-order valence-corrected chi connectivity index (χ4v) is 1.76. The van der Waals surface area contributed by atoms with Crippen LogP contribution in [0.25, 0.3) is 11.1 Å². The lowest BCUT2D eigenvalue weighted by Gasteiger charge is -2.08. The molecule has 2 N–H and O–H groups in total. The van der Waals surface area contributed by atoms with Crippen molar-refractivity contribution in [3.05, 3.63) is 52.3 Å². The summed E-state index contributed by atoms with van der Waals surface area (Å²) in [6, 6.07) is 8.76. The smallest absolute Gasteiger partial charge is 0.292 e. The Morgan fingerprint density at radius 1 is 1.32 bits per heavy atom. The van der Waals surface area contributed by atoms with Gasteiger partial charge in [0.05, 0.1) is 12.0 Å². The first kappa shape index (κ1) is 12.8. The molecular weight excluding hydrogens is 251 g/mol. The topological polar surface area (TPSA) is 78.4 Å². The van der Waals surface area contributed by atoms with E-state index in [1.165, 1.54) is 37.4 Å². The lowest BCUT2D eigenvalue weighted by Crippen LogP contribution is -1.97. The van der Waals surface area contributed by atoms with E-state index in [0.29, 0.717) is 5.56 Å². The Hall–Kier alpha value is -2.63. The van der Waals surface area contributed by atoms with Crippen molar-refractivity contribution in [2.24, 2.45) is 0 Å². The van der Waals surface area contributed by atoms with Gasteiger partial charge >= 0.3 is 0 Å². The number of rotatable bonds is 3. The molecule has 0 aliphatic rings. The standard InChI is InChI=1S/C13H11FN2O3/c1-19-12-4-2-3-9(13(12)14)8-5-6-10(15)11(7-8)16(17)18/h2-7H,15H2,1H3. The molecule has 0 fully saturated rings. The third kappa shape index (κ3) is 2.33. The van der Waals surface area contributed by atoms with Crippen LogP contribution >= 0.6 is 0 Å². The highest BCUT2D eigenvalue weighted by Gasteiger charge is 2.16. The fraction of sp³-hybridized carbons (Fsp3) is 0.0769. The zero-order valence-corrected chi connectivity index (χ0v) is 10.1. The second-order valence-electron chi connectivity index (χ2n) is 3.85. The van der Waals surface area contributed by atoms with E-state index < -0.39 is 10.7 Å². The van der Waals surface area contributed by atoms with Crippen LogP contribution in [-0.4, -0.2) is 12.0 Å². The van der Waals surface area contributed by atoms with Crippen LogP contribution in [0.3, 0.4) is 0 Å². The molecule has 2 rings (SSSR count). The molecule has 0 atom stereocenters. The van der Waals surface area contributed by atoms with Gasteiger partial charge in [0.1, 0.15) is 5.69 Å². The minimum absolute atomic E-state index is 0.0389. The molecule has 0 saturated heterocycles. The Kier molecular flexibility index (Phi) is 3.33. The van der Waals surface area contributed by atoms with Crippen molar-refractivity contribution < 1.29 is 14.1 Å². The molecule has 0 aliphatic carbocycles. The molecule has 0 amide bonds. The molecule has 2 aromatic carbocycles. The summed E-state index contributed by atoms with van der Waals surface area (Å²) >= 11 is 0. The van der Waals surface area contributed by atoms with Crippen molar-refractivity contribution in [3.63, 3.8) is 0 Å². The summed E-state index contributed by atoms with van der Waals surface area (Å²) in [4.78, 5) is 10.2. The van der Waals surface area contributed by atoms with Crippen LogP contribution in [0.15, 0.2) is 36.4 Å². The number of anilines is 1. The molecule has 6 heteroatoms. The third-order valence-electron chi connectivity index (χ3n) is 2.72. The molecule has 0 saturated carbocycles. The van der Waals surface area contributed by atoms with E-state index in [4.69, 9.17) is 10.5 Å². The molecule has 0 aliphatic heterocycles. The first-order valence-corrected chi connectivity index (χ1v) is 5.41. The molecule has 0 unspecified atom stereocenters. The Balaban J connectivity index is 2.60. The first-order valence-electron chi connectivity index (χ1n) is 5.41. The largest absolute Gasteiger partial charge is 0.494 e. The number of benzene rings is 2. The van der Waals surface area contributed by atoms with Crippen molar-refractivity contribution in [1.82, 2.24) is 0 Å². The van der Waals surface area contributed by atoms with E-state index in [-0.39, 0.29) is 22.7 Å². The van der Waals surface area contributed by atoms with Gasteiger partial charge in [0.2, 0.25) is 0 Å². The number of halogens is 1. The Labute approximate surface area is 108 Å². The Bertz CT molecular complexity index is 644. The van der Waals surface area contributed by atoms with Gasteiger partial charge in [-0.3, -0.25) is 10.1 Å². The second-order valence-corrected chi connectivity index (χ2v) is 3.85. The summed E-state index contributed by atoms with van der Waals surface area (Å²) in [5.74, 6) is -0.485. The molecule has 5 nitrogen and oxygen atoms in total. The normalized spacial score (nSPS) is 10.2. The van der Waals surface area contributed by atoms with Crippen LogP contribution in [0, 0.1) is 15.9 Å². The molecule has 0 heterocycles. The van der Waals surface area contributed by atoms with Gasteiger partial charge in [-0.25, -0.2) is 4.39 Å². The van der Waals surface area contributed by atoms with Crippen LogP contribution in [0.2, 0.25) is 0 Å². The molecule has 0 spiro atoms. The summed E-state index contributed by atoms with van der Waals surface area (Å²) < 4.78 is 18.9. The number of methoxy groups -OCH3 is 1. The number of nitrogens with two attached hydrogens (primary N) is 1. The number of ether oxygens (including phenoxy) is 1. The number of nitro groups is 1. The van der Waals surface area contributed by atoms with Crippen LogP contribution < -0.4 is 10.5 Å². The fourth-order valence-electron chi connectivity index (χ4n) is 1.76. The quantitative estimate of drug-likeness (QED) is 0.524. The summed E-state index contributed by atoms with van der Waals surface area (Å²) in [6.45, 7) is 0. The molecular formula is C13H11FN2O3. The summed E-state index contributed by atoms with van der Waals surface area (Å²) in [5.41, 5.74) is 5.89. The van der Waals surface area contributed by atoms with Crippen LogP contribution in [-0.2, 0) is 0 Å². The maximum absolute atomic E-state index is 14.1. The maximum atomic E-state index is 14.1. The van der Waals surface area contributed by atoms with E-state index in [1.807, 2.05) is 0 Å². The number of nitrogens with zero attached hydrogens (tertiary/aromatic N) is 1. The highest BCUT2D eigenvalue weighted by molar-refractivity contribution is 5.73. The summed E-state index contributed by atoms with van der Waals surface area (Å²) in [6.07, 6.45) is 0. The van der Waals surface area contributed by atoms with Gasteiger partial charge in [0.15, 0.2) is 11.6 Å². The van der Waals surface area contributed by atoms with Crippen LogP contribution in [0.4, 0.5) is 15.8 Å². The molecule has 98 valence electrons. The van der Waals surface area contributed by atoms with E-state index >= 15 is 0 Å². The second kappa shape index (κ2) is 4.93. The number of hydrogen-bond donors (Lipinski definition) is 1. The van der Waals surface area contributed by atoms with Crippen LogP contribution in [0.5, 0.6) is 5.75 Å². The summed E-state index contributed by atoms with van der Waals surface area (Å²) in [7, 11) is 1.35. The number of nitro benzene ring substituents is 1. The monoisotopic (exact) mass is 262 g/mol. The van der Waals surface area contributed by atoms with Gasteiger partial charge in [-0.05, 0) is 17.7 Å². The van der Waals surface area contributed by atoms with Crippen molar-refractivity contribution in [3.8, 4) is 16.9 Å². The molecule has 0 bridgehead atoms. The SMILES string of the molecule is COc1cccc(-c2ccc(N)c([N+](=O)[O-])c2)c1F. The molecule has 0 aromatic heterocycles. The van der Waals surface area contributed by atoms with Gasteiger partial charge in [0, 0.05) is 11.6 Å². The average Bonchev–Trinajstić information content (AvgIpc) is 2.39. The lowest BCUT2D eigenvalue weighted by atomic mass is 10.0. The highest BCUT2D eigenvalue weighted by atomic mass is 19.1. The van der Waals surface area contributed by atoms with Gasteiger partial charge in [-0.15, -0.1) is 0 Å². The van der Waals surface area contributed by atoms with Crippen molar-refractivity contribution in [2.45, 2.75) is 0 Å². The van der Waals surface area contributed by atoms with Crippen molar-refractivity contribution >= 4 is 11.4 Å². The average molecular weight is 262 g/mol. The van der Waals surface area contributed by atoms with E-state index in [1.54, 1.807) is 6.07 Å². The van der Waals surface area contributed by atoms with Gasteiger partial charge in [-0.2, -0.15) is 0 Å². The van der Waals surface area contributed by atoms with Gasteiger partial charge in [-0.1, -0.05) is 18.2 Å². The van der Waals surface area contributed by atoms with Crippen molar-refractivity contribution in [1.29, 1.82) is 0 Å². The third-order valence-corrected chi connectivity index (χ3v) is 2.72. The van der Waals surface area contributed by atoms with Gasteiger partial charge in [0.25, 0.3) is 5.69 Å². The molecule has 19 heavy (non-hydrogen) atoms. The van der Waals surface area contributed by atoms with E-state index in [2.05, 4.69) is 0 Å². The van der Waals surface area contributed by atoms with Crippen molar-refractivity contribution in [2.75, 3.05) is 12.8 Å². The first-order chi connectivity index (χ1) is 9.04. The van der Waals surface area contributed by atoms with E-state index in [9.17, 15) is 14.5 Å². The zero-order chi connectivity index (χ0) is 14.0. The maximum Gasteiger partial charge on any atom is 0.292 e. The predicted molar refractivity (Wildman–Crippen MR) is 69.5 cm³/mol. The minimum Gasteiger partial charge on any atom is -0.494 e. The predicted octanol–water partition coefficient (Wildman–Crippen LogP) is 2.99. The van der Waals surface area contributed by atoms with E-state index in [0.717, 1.165) is 0 Å². The zero-order valence-electron chi connectivity index (χ0n) is 10.1. The molecule has 2 aromatic rings. The minimum atomic E-state index is -0.600. The summed E-state index contributed by atoms with van der Waals surface area (Å²) in [5, 5.41) is 10.8. The lowest BCUT2D eigenvalue weighted by molar-refractivity contribution is -0.383. The molecule has 0 radical (unpaired) electrons.